The highest BCUT2D eigenvalue weighted by molar-refractivity contribution is 7.99. The molecular formula is C22H24N4O3S. The molecule has 0 bridgehead atoms. The van der Waals surface area contributed by atoms with Gasteiger partial charge in [0.2, 0.25) is 5.91 Å². The molecule has 156 valence electrons. The molecule has 1 N–H and O–H groups in total. The van der Waals surface area contributed by atoms with Gasteiger partial charge in [-0.3, -0.25) is 9.36 Å². The van der Waals surface area contributed by atoms with Gasteiger partial charge in [0.1, 0.15) is 11.5 Å². The van der Waals surface area contributed by atoms with E-state index in [1.807, 2.05) is 60.0 Å². The number of hydrogen-bond donors (Lipinski definition) is 1. The summed E-state index contributed by atoms with van der Waals surface area (Å²) in [6.45, 7) is 6.89. The van der Waals surface area contributed by atoms with Crippen LogP contribution < -0.4 is 14.8 Å². The van der Waals surface area contributed by atoms with Gasteiger partial charge in [-0.2, -0.15) is 0 Å². The molecule has 0 atom stereocenters. The summed E-state index contributed by atoms with van der Waals surface area (Å²) in [5, 5.41) is 12.1. The third-order valence-corrected chi connectivity index (χ3v) is 5.12. The molecule has 1 heterocycles. The molecule has 2 aromatic carbocycles. The summed E-state index contributed by atoms with van der Waals surface area (Å²) < 4.78 is 12.5. The molecule has 0 saturated heterocycles. The number of nitrogens with zero attached hydrogens (tertiary/aromatic N) is 3. The largest absolute Gasteiger partial charge is 0.497 e. The van der Waals surface area contributed by atoms with Crippen molar-refractivity contribution < 1.29 is 14.3 Å². The molecule has 0 aliphatic carbocycles. The van der Waals surface area contributed by atoms with Gasteiger partial charge in [-0.25, -0.2) is 0 Å². The summed E-state index contributed by atoms with van der Waals surface area (Å²) in [7, 11) is 1.63. The van der Waals surface area contributed by atoms with Crippen LogP contribution in [0.5, 0.6) is 11.5 Å². The number of benzene rings is 2. The topological polar surface area (TPSA) is 78.3 Å². The van der Waals surface area contributed by atoms with Gasteiger partial charge in [-0.15, -0.1) is 16.8 Å². The van der Waals surface area contributed by atoms with Crippen molar-refractivity contribution in [1.82, 2.24) is 14.8 Å². The monoisotopic (exact) mass is 424 g/mol. The number of nitrogens with one attached hydrogen (secondary N) is 1. The third kappa shape index (κ3) is 5.42. The van der Waals surface area contributed by atoms with E-state index in [9.17, 15) is 4.79 Å². The number of anilines is 1. The summed E-state index contributed by atoms with van der Waals surface area (Å²) in [4.78, 5) is 12.4. The Hall–Kier alpha value is -3.26. The Morgan fingerprint density at radius 1 is 1.13 bits per heavy atom. The second-order valence-corrected chi connectivity index (χ2v) is 7.17. The predicted octanol–water partition coefficient (Wildman–Crippen LogP) is 4.27. The lowest BCUT2D eigenvalue weighted by atomic mass is 10.2. The molecule has 0 saturated carbocycles. The van der Waals surface area contributed by atoms with Crippen LogP contribution in [0.4, 0.5) is 5.69 Å². The van der Waals surface area contributed by atoms with E-state index < -0.39 is 0 Å². The fraction of sp³-hybridized carbons (Fsp3) is 0.227. The smallest absolute Gasteiger partial charge is 0.234 e. The van der Waals surface area contributed by atoms with E-state index in [1.165, 1.54) is 11.8 Å². The third-order valence-electron chi connectivity index (χ3n) is 4.16. The first-order chi connectivity index (χ1) is 14.6. The maximum atomic E-state index is 12.4. The van der Waals surface area contributed by atoms with Gasteiger partial charge in [0.25, 0.3) is 0 Å². The molecule has 8 heteroatoms. The predicted molar refractivity (Wildman–Crippen MR) is 119 cm³/mol. The van der Waals surface area contributed by atoms with Gasteiger partial charge in [-0.1, -0.05) is 17.8 Å². The van der Waals surface area contributed by atoms with Crippen LogP contribution in [0.2, 0.25) is 0 Å². The number of hydrogen-bond acceptors (Lipinski definition) is 6. The minimum atomic E-state index is -0.122. The summed E-state index contributed by atoms with van der Waals surface area (Å²) >= 11 is 1.33. The van der Waals surface area contributed by atoms with Crippen molar-refractivity contribution in [1.29, 1.82) is 0 Å². The van der Waals surface area contributed by atoms with Crippen LogP contribution in [-0.2, 0) is 11.3 Å². The van der Waals surface area contributed by atoms with Crippen molar-refractivity contribution in [2.45, 2.75) is 18.6 Å². The lowest BCUT2D eigenvalue weighted by Gasteiger charge is -2.09. The molecule has 30 heavy (non-hydrogen) atoms. The Kier molecular flexibility index (Phi) is 7.51. The van der Waals surface area contributed by atoms with Crippen molar-refractivity contribution in [3.05, 3.63) is 61.2 Å². The molecule has 0 fully saturated rings. The second kappa shape index (κ2) is 10.5. The quantitative estimate of drug-likeness (QED) is 0.387. The number of methoxy groups -OCH3 is 1. The van der Waals surface area contributed by atoms with Crippen molar-refractivity contribution in [2.75, 3.05) is 24.8 Å². The first kappa shape index (κ1) is 21.4. The second-order valence-electron chi connectivity index (χ2n) is 6.23. The number of rotatable bonds is 10. The van der Waals surface area contributed by atoms with Crippen molar-refractivity contribution in [2.24, 2.45) is 0 Å². The van der Waals surface area contributed by atoms with Gasteiger partial charge in [-0.05, 0) is 55.5 Å². The highest BCUT2D eigenvalue weighted by Crippen LogP contribution is 2.26. The highest BCUT2D eigenvalue weighted by atomic mass is 32.2. The van der Waals surface area contributed by atoms with Gasteiger partial charge in [0.05, 0.1) is 19.5 Å². The summed E-state index contributed by atoms with van der Waals surface area (Å²) in [5.41, 5.74) is 1.63. The van der Waals surface area contributed by atoms with Gasteiger partial charge >= 0.3 is 0 Å². The minimum absolute atomic E-state index is 0.122. The Morgan fingerprint density at radius 2 is 1.83 bits per heavy atom. The van der Waals surface area contributed by atoms with Gasteiger partial charge in [0, 0.05) is 17.8 Å². The average molecular weight is 425 g/mol. The Balaban J connectivity index is 1.66. The molecule has 3 rings (SSSR count). The minimum Gasteiger partial charge on any atom is -0.497 e. The Labute approximate surface area is 180 Å². The summed E-state index contributed by atoms with van der Waals surface area (Å²) in [6, 6.07) is 14.9. The molecule has 0 unspecified atom stereocenters. The van der Waals surface area contributed by atoms with E-state index in [2.05, 4.69) is 22.1 Å². The number of allylic oxidation sites excluding steroid dienone is 1. The van der Waals surface area contributed by atoms with Crippen molar-refractivity contribution in [3.63, 3.8) is 0 Å². The Morgan fingerprint density at radius 3 is 2.47 bits per heavy atom. The zero-order valence-corrected chi connectivity index (χ0v) is 17.8. The zero-order valence-electron chi connectivity index (χ0n) is 17.0. The van der Waals surface area contributed by atoms with Gasteiger partial charge in [0.15, 0.2) is 11.0 Å². The first-order valence-corrected chi connectivity index (χ1v) is 10.5. The number of aromatic nitrogens is 3. The van der Waals surface area contributed by atoms with Crippen LogP contribution in [0.25, 0.3) is 11.4 Å². The SMILES string of the molecule is C=CCn1c(SCC(=O)Nc2ccc(OCC)cc2)nnc1-c1ccc(OC)cc1. The fourth-order valence-electron chi connectivity index (χ4n) is 2.77. The molecule has 0 radical (unpaired) electrons. The number of carbonyl (C=O) groups excluding carboxylic acids is 1. The van der Waals surface area contributed by atoms with Crippen LogP contribution in [0.1, 0.15) is 6.92 Å². The molecule has 0 spiro atoms. The van der Waals surface area contributed by atoms with Crippen LogP contribution in [-0.4, -0.2) is 40.1 Å². The molecule has 7 nitrogen and oxygen atoms in total. The zero-order chi connectivity index (χ0) is 21.3. The van der Waals surface area contributed by atoms with Gasteiger partial charge < -0.3 is 14.8 Å². The highest BCUT2D eigenvalue weighted by Gasteiger charge is 2.15. The van der Waals surface area contributed by atoms with E-state index >= 15 is 0 Å². The first-order valence-electron chi connectivity index (χ1n) is 9.48. The standard InChI is InChI=1S/C22H24N4O3S/c1-4-14-26-21(16-6-10-18(28-3)11-7-16)24-25-22(26)30-15-20(27)23-17-8-12-19(13-9-17)29-5-2/h4,6-13H,1,5,14-15H2,2-3H3,(H,23,27). The lowest BCUT2D eigenvalue weighted by molar-refractivity contribution is -0.113. The number of thioether (sulfide) groups is 1. The summed E-state index contributed by atoms with van der Waals surface area (Å²) in [5.74, 6) is 2.35. The van der Waals surface area contributed by atoms with Crippen molar-refractivity contribution in [3.8, 4) is 22.9 Å². The molecule has 1 amide bonds. The maximum Gasteiger partial charge on any atom is 0.234 e. The summed E-state index contributed by atoms with van der Waals surface area (Å²) in [6.07, 6.45) is 1.78. The number of carbonyl (C=O) groups is 1. The average Bonchev–Trinajstić information content (AvgIpc) is 3.17. The molecule has 1 aromatic heterocycles. The van der Waals surface area contributed by atoms with E-state index in [0.29, 0.717) is 24.1 Å². The van der Waals surface area contributed by atoms with E-state index in [-0.39, 0.29) is 11.7 Å². The molecular weight excluding hydrogens is 400 g/mol. The lowest BCUT2D eigenvalue weighted by Crippen LogP contribution is -2.14. The van der Waals surface area contributed by atoms with Crippen LogP contribution in [0.3, 0.4) is 0 Å². The van der Waals surface area contributed by atoms with Crippen LogP contribution >= 0.6 is 11.8 Å². The normalized spacial score (nSPS) is 10.5. The van der Waals surface area contributed by atoms with E-state index in [0.717, 1.165) is 22.7 Å². The van der Waals surface area contributed by atoms with Crippen molar-refractivity contribution >= 4 is 23.4 Å². The molecule has 0 aliphatic rings. The van der Waals surface area contributed by atoms with E-state index in [4.69, 9.17) is 9.47 Å². The molecule has 0 aliphatic heterocycles. The Bertz CT molecular complexity index is 985. The number of ether oxygens (including phenoxy) is 2. The van der Waals surface area contributed by atoms with Crippen LogP contribution in [0, 0.1) is 0 Å². The van der Waals surface area contributed by atoms with Crippen LogP contribution in [0.15, 0.2) is 66.3 Å². The van der Waals surface area contributed by atoms with E-state index in [1.54, 1.807) is 13.2 Å². The molecule has 3 aromatic rings. The fourth-order valence-corrected chi connectivity index (χ4v) is 3.52. The number of amides is 1. The maximum absolute atomic E-state index is 12.4.